The van der Waals surface area contributed by atoms with E-state index in [2.05, 4.69) is 22.2 Å². The highest BCUT2D eigenvalue weighted by molar-refractivity contribution is 5.69. The van der Waals surface area contributed by atoms with Crippen molar-refractivity contribution in [3.05, 3.63) is 36.1 Å². The van der Waals surface area contributed by atoms with Crippen LogP contribution in [0.1, 0.15) is 18.6 Å². The van der Waals surface area contributed by atoms with Gasteiger partial charge in [-0.05, 0) is 56.0 Å². The van der Waals surface area contributed by atoms with Crippen LogP contribution in [0.25, 0.3) is 17.3 Å². The zero-order valence-electron chi connectivity index (χ0n) is 14.8. The summed E-state index contributed by atoms with van der Waals surface area (Å²) in [4.78, 5) is 2.56. The number of benzene rings is 1. The van der Waals surface area contributed by atoms with E-state index in [1.807, 2.05) is 24.3 Å². The van der Waals surface area contributed by atoms with Crippen molar-refractivity contribution < 1.29 is 14.0 Å². The molecule has 2 aromatic rings. The van der Waals surface area contributed by atoms with Gasteiger partial charge >= 0.3 is 0 Å². The number of aromatic nitrogens is 1. The van der Waals surface area contributed by atoms with Gasteiger partial charge in [-0.1, -0.05) is 11.2 Å². The van der Waals surface area contributed by atoms with Gasteiger partial charge in [0.25, 0.3) is 0 Å². The zero-order chi connectivity index (χ0) is 17.2. The lowest BCUT2D eigenvalue weighted by Crippen LogP contribution is -2.46. The Bertz CT molecular complexity index is 760. The molecule has 0 amide bonds. The fourth-order valence-electron chi connectivity index (χ4n) is 3.95. The molecule has 1 unspecified atom stereocenters. The lowest BCUT2D eigenvalue weighted by molar-refractivity contribution is 0.0739. The average Bonchev–Trinajstić information content (AvgIpc) is 3.15. The number of nitrogens with zero attached hydrogens (tertiary/aromatic N) is 2. The highest BCUT2D eigenvalue weighted by Crippen LogP contribution is 2.35. The van der Waals surface area contributed by atoms with Crippen LogP contribution in [0.4, 0.5) is 0 Å². The van der Waals surface area contributed by atoms with Crippen LogP contribution in [0.5, 0.6) is 11.5 Å². The molecule has 0 aliphatic carbocycles. The molecule has 5 nitrogen and oxygen atoms in total. The molecule has 0 N–H and O–H groups in total. The van der Waals surface area contributed by atoms with Crippen LogP contribution in [0.3, 0.4) is 0 Å². The molecule has 5 heteroatoms. The van der Waals surface area contributed by atoms with Gasteiger partial charge in [-0.25, -0.2) is 0 Å². The quantitative estimate of drug-likeness (QED) is 0.830. The van der Waals surface area contributed by atoms with Gasteiger partial charge in [0.2, 0.25) is 0 Å². The Morgan fingerprint density at radius 2 is 2.00 bits per heavy atom. The van der Waals surface area contributed by atoms with Crippen molar-refractivity contribution >= 4 is 6.08 Å². The maximum Gasteiger partial charge on any atom is 0.159 e. The van der Waals surface area contributed by atoms with Crippen molar-refractivity contribution in [3.63, 3.8) is 0 Å². The number of ether oxygens (including phenoxy) is 2. The van der Waals surface area contributed by atoms with E-state index in [1.54, 1.807) is 14.2 Å². The number of hydrogen-bond acceptors (Lipinski definition) is 5. The maximum atomic E-state index is 5.51. The molecule has 0 spiro atoms. The van der Waals surface area contributed by atoms with Gasteiger partial charge < -0.3 is 18.9 Å². The van der Waals surface area contributed by atoms with Crippen LogP contribution < -0.4 is 9.47 Å². The highest BCUT2D eigenvalue weighted by Gasteiger charge is 2.32. The molecule has 1 aromatic carbocycles. The zero-order valence-corrected chi connectivity index (χ0v) is 14.8. The largest absolute Gasteiger partial charge is 0.497 e. The van der Waals surface area contributed by atoms with Crippen LogP contribution in [0.15, 0.2) is 34.9 Å². The van der Waals surface area contributed by atoms with Crippen LogP contribution in [0, 0.1) is 11.8 Å². The maximum absolute atomic E-state index is 5.51. The summed E-state index contributed by atoms with van der Waals surface area (Å²) < 4.78 is 16.2. The van der Waals surface area contributed by atoms with Gasteiger partial charge in [-0.3, -0.25) is 0 Å². The topological polar surface area (TPSA) is 47.7 Å². The summed E-state index contributed by atoms with van der Waals surface area (Å²) in [6.45, 7) is 3.70. The van der Waals surface area contributed by atoms with Crippen LogP contribution in [-0.4, -0.2) is 43.9 Å². The third-order valence-corrected chi connectivity index (χ3v) is 5.43. The lowest BCUT2D eigenvalue weighted by atomic mass is 9.79. The van der Waals surface area contributed by atoms with E-state index in [1.165, 1.54) is 32.5 Å². The number of rotatable bonds is 5. The van der Waals surface area contributed by atoms with Crippen molar-refractivity contribution in [2.75, 3.05) is 33.9 Å². The number of piperidine rings is 3. The molecule has 4 heterocycles. The van der Waals surface area contributed by atoms with Gasteiger partial charge in [0.1, 0.15) is 17.2 Å². The summed E-state index contributed by atoms with van der Waals surface area (Å²) in [6.07, 6.45) is 7.00. The third kappa shape index (κ3) is 3.29. The molecule has 3 fully saturated rings. The molecule has 0 saturated carbocycles. The Morgan fingerprint density at radius 3 is 2.68 bits per heavy atom. The van der Waals surface area contributed by atoms with Crippen LogP contribution in [-0.2, 0) is 0 Å². The Kier molecular flexibility index (Phi) is 4.49. The smallest absolute Gasteiger partial charge is 0.159 e. The van der Waals surface area contributed by atoms with Crippen LogP contribution in [0.2, 0.25) is 0 Å². The molecule has 1 atom stereocenters. The molecule has 3 saturated heterocycles. The van der Waals surface area contributed by atoms with Crippen molar-refractivity contribution in [1.82, 2.24) is 10.1 Å². The van der Waals surface area contributed by atoms with Crippen molar-refractivity contribution in [1.29, 1.82) is 0 Å². The third-order valence-electron chi connectivity index (χ3n) is 5.43. The van der Waals surface area contributed by atoms with Crippen molar-refractivity contribution in [3.8, 4) is 22.8 Å². The fraction of sp³-hybridized carbons (Fsp3) is 0.450. The summed E-state index contributed by atoms with van der Waals surface area (Å²) in [5, 5.41) is 4.20. The van der Waals surface area contributed by atoms with E-state index in [-0.39, 0.29) is 0 Å². The van der Waals surface area contributed by atoms with E-state index in [9.17, 15) is 0 Å². The van der Waals surface area contributed by atoms with Crippen LogP contribution >= 0.6 is 0 Å². The molecule has 3 aliphatic rings. The lowest BCUT2D eigenvalue weighted by Gasteiger charge is -2.43. The molecule has 3 aliphatic heterocycles. The monoisotopic (exact) mass is 340 g/mol. The molecule has 2 bridgehead atoms. The van der Waals surface area contributed by atoms with Gasteiger partial charge in [0.15, 0.2) is 5.76 Å². The molecule has 132 valence electrons. The average molecular weight is 340 g/mol. The van der Waals surface area contributed by atoms with Gasteiger partial charge in [-0.2, -0.15) is 0 Å². The standard InChI is InChI=1S/C20H24N2O3/c1-23-16-5-6-18(20(12-16)24-2)19-11-17(25-21-19)4-3-15-13-22-9-7-14(15)8-10-22/h3-6,11-12,14-15H,7-10,13H2,1-2H3. The van der Waals surface area contributed by atoms with E-state index in [0.29, 0.717) is 5.92 Å². The molecular weight excluding hydrogens is 316 g/mol. The van der Waals surface area contributed by atoms with Gasteiger partial charge in [0, 0.05) is 24.2 Å². The summed E-state index contributed by atoms with van der Waals surface area (Å²) in [5.41, 5.74) is 1.67. The Balaban J connectivity index is 1.51. The number of fused-ring (bicyclic) bond motifs is 3. The Labute approximate surface area is 148 Å². The molecule has 5 rings (SSSR count). The molecule has 0 radical (unpaired) electrons. The first kappa shape index (κ1) is 16.2. The predicted octanol–water partition coefficient (Wildman–Crippen LogP) is 3.71. The van der Waals surface area contributed by atoms with E-state index in [4.69, 9.17) is 14.0 Å². The SMILES string of the molecule is COc1ccc(-c2cc(C=CC3CN4CCC3CC4)on2)c(OC)c1. The normalized spacial score (nSPS) is 25.4. The summed E-state index contributed by atoms with van der Waals surface area (Å²) in [5.74, 6) is 3.72. The van der Waals surface area contributed by atoms with E-state index in [0.717, 1.165) is 34.4 Å². The van der Waals surface area contributed by atoms with Crippen molar-refractivity contribution in [2.24, 2.45) is 11.8 Å². The Morgan fingerprint density at radius 1 is 1.16 bits per heavy atom. The van der Waals surface area contributed by atoms with Gasteiger partial charge in [0.05, 0.1) is 14.2 Å². The minimum atomic E-state index is 0.631. The molecular formula is C20H24N2O3. The van der Waals surface area contributed by atoms with E-state index >= 15 is 0 Å². The number of hydrogen-bond donors (Lipinski definition) is 0. The first-order chi connectivity index (χ1) is 12.3. The molecule has 1 aromatic heterocycles. The second kappa shape index (κ2) is 6.92. The summed E-state index contributed by atoms with van der Waals surface area (Å²) in [7, 11) is 3.29. The fourth-order valence-corrected chi connectivity index (χ4v) is 3.95. The van der Waals surface area contributed by atoms with E-state index < -0.39 is 0 Å². The second-order valence-electron chi connectivity index (χ2n) is 6.84. The molecule has 25 heavy (non-hydrogen) atoms. The number of methoxy groups -OCH3 is 2. The first-order valence-corrected chi connectivity index (χ1v) is 8.86. The van der Waals surface area contributed by atoms with Crippen molar-refractivity contribution in [2.45, 2.75) is 12.8 Å². The minimum Gasteiger partial charge on any atom is -0.497 e. The summed E-state index contributed by atoms with van der Waals surface area (Å²) in [6, 6.07) is 7.65. The first-order valence-electron chi connectivity index (χ1n) is 8.86. The minimum absolute atomic E-state index is 0.631. The van der Waals surface area contributed by atoms with Gasteiger partial charge in [-0.15, -0.1) is 0 Å². The summed E-state index contributed by atoms with van der Waals surface area (Å²) >= 11 is 0. The second-order valence-corrected chi connectivity index (χ2v) is 6.84. The highest BCUT2D eigenvalue weighted by atomic mass is 16.5. The predicted molar refractivity (Wildman–Crippen MR) is 96.7 cm³/mol. The Hall–Kier alpha value is -2.27.